The predicted octanol–water partition coefficient (Wildman–Crippen LogP) is 3.24. The number of carbonyl (C=O) groups is 3. The van der Waals surface area contributed by atoms with Gasteiger partial charge in [-0.3, -0.25) is 14.4 Å². The van der Waals surface area contributed by atoms with Crippen molar-refractivity contribution in [3.8, 4) is 0 Å². The van der Waals surface area contributed by atoms with Crippen LogP contribution in [0, 0.1) is 11.8 Å². The lowest BCUT2D eigenvalue weighted by Crippen LogP contribution is -2.33. The molecule has 2 unspecified atom stereocenters. The molecule has 0 heterocycles. The molecule has 0 bridgehead atoms. The van der Waals surface area contributed by atoms with Crippen LogP contribution in [0.1, 0.15) is 70.6 Å². The van der Waals surface area contributed by atoms with E-state index in [1.54, 1.807) is 0 Å². The number of carboxylic acids is 2. The quantitative estimate of drug-likeness (QED) is 0.446. The van der Waals surface area contributed by atoms with Crippen molar-refractivity contribution in [2.45, 2.75) is 70.6 Å². The van der Waals surface area contributed by atoms with E-state index in [2.05, 4.69) is 0 Å². The van der Waals surface area contributed by atoms with Crippen LogP contribution in [-0.4, -0.2) is 34.7 Å². The number of hydrogen-bond donors (Lipinski definition) is 2. The second-order valence-corrected chi connectivity index (χ2v) is 6.27. The fraction of sp³-hybridized carbons (Fsp3) is 0.824. The highest BCUT2D eigenvalue weighted by Gasteiger charge is 2.36. The topological polar surface area (TPSA) is 101 Å². The Kier molecular flexibility index (Phi) is 9.33. The summed E-state index contributed by atoms with van der Waals surface area (Å²) in [5.74, 6) is -3.09. The fourth-order valence-electron chi connectivity index (χ4n) is 3.07. The molecule has 1 aliphatic rings. The van der Waals surface area contributed by atoms with Crippen LogP contribution in [0.3, 0.4) is 0 Å². The van der Waals surface area contributed by atoms with Gasteiger partial charge in [0, 0.05) is 6.42 Å². The monoisotopic (exact) mass is 328 g/mol. The molecule has 0 spiro atoms. The molecule has 0 aromatic carbocycles. The molecule has 0 saturated heterocycles. The van der Waals surface area contributed by atoms with Gasteiger partial charge in [0.15, 0.2) is 0 Å². The Balaban J connectivity index is 2.07. The molecular weight excluding hydrogens is 300 g/mol. The van der Waals surface area contributed by atoms with Crippen LogP contribution >= 0.6 is 0 Å². The highest BCUT2D eigenvalue weighted by Crippen LogP contribution is 2.31. The van der Waals surface area contributed by atoms with Gasteiger partial charge in [0.2, 0.25) is 0 Å². The Morgan fingerprint density at radius 3 is 2.00 bits per heavy atom. The zero-order valence-corrected chi connectivity index (χ0v) is 13.7. The maximum Gasteiger partial charge on any atom is 0.309 e. The Morgan fingerprint density at radius 2 is 1.39 bits per heavy atom. The molecule has 0 aromatic heterocycles. The second kappa shape index (κ2) is 11.0. The van der Waals surface area contributed by atoms with Crippen molar-refractivity contribution in [1.82, 2.24) is 0 Å². The van der Waals surface area contributed by atoms with E-state index in [-0.39, 0.29) is 12.4 Å². The molecule has 1 rings (SSSR count). The molecule has 0 radical (unpaired) electrons. The van der Waals surface area contributed by atoms with Crippen molar-refractivity contribution in [3.05, 3.63) is 0 Å². The number of ether oxygens (including phenoxy) is 1. The van der Waals surface area contributed by atoms with Gasteiger partial charge in [0.05, 0.1) is 18.4 Å². The summed E-state index contributed by atoms with van der Waals surface area (Å²) in [7, 11) is 0. The first kappa shape index (κ1) is 19.5. The van der Waals surface area contributed by atoms with Crippen LogP contribution in [-0.2, 0) is 19.1 Å². The maximum atomic E-state index is 12.0. The second-order valence-electron chi connectivity index (χ2n) is 6.27. The molecule has 6 nitrogen and oxygen atoms in total. The Labute approximate surface area is 137 Å². The lowest BCUT2D eigenvalue weighted by atomic mass is 9.79. The first-order valence-electron chi connectivity index (χ1n) is 8.63. The normalized spacial score (nSPS) is 20.9. The lowest BCUT2D eigenvalue weighted by molar-refractivity contribution is -0.159. The van der Waals surface area contributed by atoms with Crippen LogP contribution < -0.4 is 0 Å². The Bertz CT molecular complexity index is 393. The molecule has 1 saturated carbocycles. The van der Waals surface area contributed by atoms with Gasteiger partial charge in [-0.25, -0.2) is 0 Å². The largest absolute Gasteiger partial charge is 0.481 e. The number of unbranched alkanes of at least 4 members (excludes halogenated alkanes) is 5. The van der Waals surface area contributed by atoms with Gasteiger partial charge in [-0.1, -0.05) is 38.5 Å². The summed E-state index contributed by atoms with van der Waals surface area (Å²) in [6.45, 7) is 0.344. The first-order valence-corrected chi connectivity index (χ1v) is 8.63. The number of carbonyl (C=O) groups excluding carboxylic acids is 1. The molecule has 132 valence electrons. The molecule has 0 aliphatic heterocycles. The van der Waals surface area contributed by atoms with Crippen molar-refractivity contribution in [2.24, 2.45) is 11.8 Å². The SMILES string of the molecule is O=C(O)CCCCCCCCOC(=O)C1CCCCC1C(=O)O. The summed E-state index contributed by atoms with van der Waals surface area (Å²) in [5.41, 5.74) is 0. The van der Waals surface area contributed by atoms with E-state index < -0.39 is 23.8 Å². The molecule has 1 fully saturated rings. The summed E-state index contributed by atoms with van der Waals surface area (Å²) in [4.78, 5) is 33.5. The Morgan fingerprint density at radius 1 is 0.826 bits per heavy atom. The van der Waals surface area contributed by atoms with E-state index in [9.17, 15) is 14.4 Å². The molecule has 6 heteroatoms. The summed E-state index contributed by atoms with van der Waals surface area (Å²) < 4.78 is 5.24. The number of carboxylic acid groups (broad SMARTS) is 2. The molecule has 2 N–H and O–H groups in total. The fourth-order valence-corrected chi connectivity index (χ4v) is 3.07. The molecule has 0 amide bonds. The van der Waals surface area contributed by atoms with Gasteiger partial charge in [-0.15, -0.1) is 0 Å². The number of hydrogen-bond acceptors (Lipinski definition) is 4. The van der Waals surface area contributed by atoms with E-state index >= 15 is 0 Å². The zero-order chi connectivity index (χ0) is 17.1. The highest BCUT2D eigenvalue weighted by atomic mass is 16.5. The van der Waals surface area contributed by atoms with E-state index in [0.29, 0.717) is 25.9 Å². The summed E-state index contributed by atoms with van der Waals surface area (Å²) in [5, 5.41) is 17.7. The summed E-state index contributed by atoms with van der Waals surface area (Å²) in [6.07, 6.45) is 8.47. The smallest absolute Gasteiger partial charge is 0.309 e. The van der Waals surface area contributed by atoms with Crippen LogP contribution in [0.25, 0.3) is 0 Å². The third-order valence-electron chi connectivity index (χ3n) is 4.42. The van der Waals surface area contributed by atoms with Gasteiger partial charge in [0.25, 0.3) is 0 Å². The molecule has 2 atom stereocenters. The van der Waals surface area contributed by atoms with Gasteiger partial charge in [-0.05, 0) is 25.7 Å². The van der Waals surface area contributed by atoms with Gasteiger partial charge in [0.1, 0.15) is 0 Å². The van der Waals surface area contributed by atoms with E-state index in [4.69, 9.17) is 14.9 Å². The predicted molar refractivity (Wildman–Crippen MR) is 84.0 cm³/mol. The maximum absolute atomic E-state index is 12.0. The van der Waals surface area contributed by atoms with Gasteiger partial charge < -0.3 is 14.9 Å². The highest BCUT2D eigenvalue weighted by molar-refractivity contribution is 5.81. The molecule has 23 heavy (non-hydrogen) atoms. The van der Waals surface area contributed by atoms with E-state index in [0.717, 1.165) is 44.9 Å². The average Bonchev–Trinajstić information content (AvgIpc) is 2.52. The van der Waals surface area contributed by atoms with Gasteiger partial charge >= 0.3 is 17.9 Å². The summed E-state index contributed by atoms with van der Waals surface area (Å²) >= 11 is 0. The Hall–Kier alpha value is -1.59. The van der Waals surface area contributed by atoms with Crippen LogP contribution in [0.4, 0.5) is 0 Å². The molecule has 1 aliphatic carbocycles. The van der Waals surface area contributed by atoms with Crippen molar-refractivity contribution in [3.63, 3.8) is 0 Å². The lowest BCUT2D eigenvalue weighted by Gasteiger charge is -2.26. The zero-order valence-electron chi connectivity index (χ0n) is 13.7. The van der Waals surface area contributed by atoms with Gasteiger partial charge in [-0.2, -0.15) is 0 Å². The molecular formula is C17H28O6. The minimum Gasteiger partial charge on any atom is -0.481 e. The van der Waals surface area contributed by atoms with E-state index in [1.807, 2.05) is 0 Å². The van der Waals surface area contributed by atoms with Crippen molar-refractivity contribution < 1.29 is 29.3 Å². The minimum atomic E-state index is -0.895. The van der Waals surface area contributed by atoms with Crippen molar-refractivity contribution in [2.75, 3.05) is 6.61 Å². The first-order chi connectivity index (χ1) is 11.0. The van der Waals surface area contributed by atoms with Crippen molar-refractivity contribution in [1.29, 1.82) is 0 Å². The average molecular weight is 328 g/mol. The number of aliphatic carboxylic acids is 2. The third-order valence-corrected chi connectivity index (χ3v) is 4.42. The number of esters is 1. The molecule has 0 aromatic rings. The number of rotatable bonds is 11. The van der Waals surface area contributed by atoms with Crippen molar-refractivity contribution >= 4 is 17.9 Å². The van der Waals surface area contributed by atoms with Crippen LogP contribution in [0.5, 0.6) is 0 Å². The standard InChI is InChI=1S/C17H28O6/c18-15(19)11-5-3-1-2-4-8-12-23-17(22)14-10-7-6-9-13(14)16(20)21/h13-14H,1-12H2,(H,18,19)(H,20,21). The van der Waals surface area contributed by atoms with E-state index in [1.165, 1.54) is 0 Å². The minimum absolute atomic E-state index is 0.226. The summed E-state index contributed by atoms with van der Waals surface area (Å²) in [6, 6.07) is 0. The van der Waals surface area contributed by atoms with Crippen LogP contribution in [0.15, 0.2) is 0 Å². The third kappa shape index (κ3) is 8.00. The van der Waals surface area contributed by atoms with Crippen LogP contribution in [0.2, 0.25) is 0 Å².